The highest BCUT2D eigenvalue weighted by molar-refractivity contribution is 7.86. The third-order valence-electron chi connectivity index (χ3n) is 3.02. The Hall–Kier alpha value is -0.910. The minimum atomic E-state index is -4.05. The molecule has 0 saturated carbocycles. The van der Waals surface area contributed by atoms with Crippen molar-refractivity contribution in [2.24, 2.45) is 0 Å². The van der Waals surface area contributed by atoms with Gasteiger partial charge in [0.2, 0.25) is 0 Å². The van der Waals surface area contributed by atoms with Crippen LogP contribution in [0.2, 0.25) is 0 Å². The first kappa shape index (κ1) is 15.1. The second kappa shape index (κ2) is 6.87. The monoisotopic (exact) mass is 272 g/mol. The Kier molecular flexibility index (Phi) is 5.78. The lowest BCUT2D eigenvalue weighted by atomic mass is 10.0. The molecule has 0 aliphatic rings. The van der Waals surface area contributed by atoms with Gasteiger partial charge < -0.3 is 5.11 Å². The number of aliphatic hydroxyl groups is 1. The lowest BCUT2D eigenvalue weighted by molar-refractivity contribution is 0.151. The molecule has 0 aliphatic carbocycles. The molecular formula is C13H20O4S. The highest BCUT2D eigenvalue weighted by Crippen LogP contribution is 2.15. The lowest BCUT2D eigenvalue weighted by Gasteiger charge is -2.16. The molecule has 1 rings (SSSR count). The number of aryl methyl sites for hydroxylation is 1. The molecule has 0 bridgehead atoms. The molecule has 0 heterocycles. The predicted molar refractivity (Wildman–Crippen MR) is 71.0 cm³/mol. The van der Waals surface area contributed by atoms with Crippen LogP contribution in [0.3, 0.4) is 0 Å². The molecule has 0 radical (unpaired) electrons. The summed E-state index contributed by atoms with van der Waals surface area (Å²) in [6, 6.07) is 9.70. The topological polar surface area (TPSA) is 74.6 Å². The predicted octanol–water partition coefficient (Wildman–Crippen LogP) is 2.04. The van der Waals surface area contributed by atoms with Gasteiger partial charge in [-0.3, -0.25) is 4.55 Å². The third-order valence-corrected chi connectivity index (χ3v) is 4.39. The van der Waals surface area contributed by atoms with Crippen molar-refractivity contribution in [3.63, 3.8) is 0 Å². The number of rotatable bonds is 7. The van der Waals surface area contributed by atoms with E-state index in [1.807, 2.05) is 30.3 Å². The number of hydrogen-bond donors (Lipinski definition) is 2. The Labute approximate surface area is 108 Å². The summed E-state index contributed by atoms with van der Waals surface area (Å²) in [4.78, 5) is 0. The Morgan fingerprint density at radius 2 is 1.83 bits per heavy atom. The third kappa shape index (κ3) is 5.16. The van der Waals surface area contributed by atoms with Gasteiger partial charge in [0.05, 0.1) is 11.4 Å². The van der Waals surface area contributed by atoms with Crippen LogP contribution in [0.5, 0.6) is 0 Å². The summed E-state index contributed by atoms with van der Waals surface area (Å²) >= 11 is 0. The fraction of sp³-hybridized carbons (Fsp3) is 0.538. The minimum absolute atomic E-state index is 0.0855. The van der Waals surface area contributed by atoms with Crippen LogP contribution in [0.1, 0.15) is 31.7 Å². The molecule has 2 atom stereocenters. The zero-order chi connectivity index (χ0) is 13.6. The molecule has 102 valence electrons. The first-order chi connectivity index (χ1) is 8.43. The van der Waals surface area contributed by atoms with Gasteiger partial charge in [0.15, 0.2) is 0 Å². The van der Waals surface area contributed by atoms with E-state index in [1.165, 1.54) is 0 Å². The maximum Gasteiger partial charge on any atom is 0.267 e. The molecule has 0 aromatic heterocycles. The summed E-state index contributed by atoms with van der Waals surface area (Å²) < 4.78 is 31.0. The SMILES string of the molecule is CCC(CC(O)CCc1ccccc1)S(=O)(=O)O. The Morgan fingerprint density at radius 3 is 2.33 bits per heavy atom. The Morgan fingerprint density at radius 1 is 1.22 bits per heavy atom. The van der Waals surface area contributed by atoms with Crippen LogP contribution in [0.15, 0.2) is 30.3 Å². The molecule has 0 spiro atoms. The first-order valence-electron chi connectivity index (χ1n) is 6.11. The zero-order valence-corrected chi connectivity index (χ0v) is 11.3. The maximum atomic E-state index is 11.0. The first-order valence-corrected chi connectivity index (χ1v) is 7.62. The van der Waals surface area contributed by atoms with Crippen LogP contribution in [-0.2, 0) is 16.5 Å². The van der Waals surface area contributed by atoms with Crippen molar-refractivity contribution in [2.45, 2.75) is 44.0 Å². The minimum Gasteiger partial charge on any atom is -0.393 e. The fourth-order valence-electron chi connectivity index (χ4n) is 1.90. The van der Waals surface area contributed by atoms with Crippen LogP contribution < -0.4 is 0 Å². The quantitative estimate of drug-likeness (QED) is 0.745. The molecule has 1 aromatic carbocycles. The van der Waals surface area contributed by atoms with E-state index in [0.29, 0.717) is 19.3 Å². The van der Waals surface area contributed by atoms with E-state index in [9.17, 15) is 13.5 Å². The average molecular weight is 272 g/mol. The molecule has 0 aliphatic heterocycles. The van der Waals surface area contributed by atoms with E-state index >= 15 is 0 Å². The van der Waals surface area contributed by atoms with Crippen molar-refractivity contribution >= 4 is 10.1 Å². The van der Waals surface area contributed by atoms with E-state index < -0.39 is 21.5 Å². The van der Waals surface area contributed by atoms with Crippen molar-refractivity contribution in [3.05, 3.63) is 35.9 Å². The van der Waals surface area contributed by atoms with Gasteiger partial charge in [0.1, 0.15) is 0 Å². The van der Waals surface area contributed by atoms with Gasteiger partial charge in [-0.1, -0.05) is 37.3 Å². The van der Waals surface area contributed by atoms with Crippen molar-refractivity contribution in [1.82, 2.24) is 0 Å². The van der Waals surface area contributed by atoms with E-state index in [-0.39, 0.29) is 6.42 Å². The maximum absolute atomic E-state index is 11.0. The second-order valence-electron chi connectivity index (χ2n) is 4.46. The van der Waals surface area contributed by atoms with Crippen LogP contribution in [-0.4, -0.2) is 29.4 Å². The second-order valence-corrected chi connectivity index (χ2v) is 6.16. The van der Waals surface area contributed by atoms with Crippen molar-refractivity contribution in [3.8, 4) is 0 Å². The number of hydrogen-bond acceptors (Lipinski definition) is 3. The van der Waals surface area contributed by atoms with E-state index in [2.05, 4.69) is 0 Å². The Balaban J connectivity index is 2.44. The van der Waals surface area contributed by atoms with E-state index in [0.717, 1.165) is 5.56 Å². The molecule has 18 heavy (non-hydrogen) atoms. The summed E-state index contributed by atoms with van der Waals surface area (Å²) in [5.41, 5.74) is 1.11. The average Bonchev–Trinajstić information content (AvgIpc) is 2.33. The van der Waals surface area contributed by atoms with Crippen LogP contribution in [0.4, 0.5) is 0 Å². The lowest BCUT2D eigenvalue weighted by Crippen LogP contribution is -2.25. The van der Waals surface area contributed by atoms with Crippen LogP contribution >= 0.6 is 0 Å². The summed E-state index contributed by atoms with van der Waals surface area (Å²) in [6.07, 6.45) is 0.876. The van der Waals surface area contributed by atoms with Crippen molar-refractivity contribution in [1.29, 1.82) is 0 Å². The van der Waals surface area contributed by atoms with Gasteiger partial charge in [-0.2, -0.15) is 8.42 Å². The van der Waals surface area contributed by atoms with Crippen molar-refractivity contribution in [2.75, 3.05) is 0 Å². The normalized spacial score (nSPS) is 15.3. The molecule has 0 fully saturated rings. The van der Waals surface area contributed by atoms with Gasteiger partial charge in [0, 0.05) is 0 Å². The highest BCUT2D eigenvalue weighted by Gasteiger charge is 2.23. The molecule has 1 aromatic rings. The summed E-state index contributed by atoms with van der Waals surface area (Å²) in [5, 5.41) is 8.93. The van der Waals surface area contributed by atoms with Crippen LogP contribution in [0.25, 0.3) is 0 Å². The summed E-state index contributed by atoms with van der Waals surface area (Å²) in [7, 11) is -4.05. The zero-order valence-electron chi connectivity index (χ0n) is 10.5. The Bertz CT molecular complexity index is 441. The summed E-state index contributed by atoms with van der Waals surface area (Å²) in [6.45, 7) is 1.68. The smallest absolute Gasteiger partial charge is 0.267 e. The van der Waals surface area contributed by atoms with E-state index in [1.54, 1.807) is 6.92 Å². The van der Waals surface area contributed by atoms with Gasteiger partial charge in [0.25, 0.3) is 10.1 Å². The van der Waals surface area contributed by atoms with Crippen LogP contribution in [0, 0.1) is 0 Å². The standard InChI is InChI=1S/C13H20O4S/c1-2-13(18(15,16)17)10-12(14)9-8-11-6-4-3-5-7-11/h3-7,12-14H,2,8-10H2,1H3,(H,15,16,17). The van der Waals surface area contributed by atoms with Gasteiger partial charge in [-0.05, 0) is 31.2 Å². The molecule has 4 nitrogen and oxygen atoms in total. The molecule has 2 N–H and O–H groups in total. The van der Waals surface area contributed by atoms with Gasteiger partial charge >= 0.3 is 0 Å². The van der Waals surface area contributed by atoms with Gasteiger partial charge in [-0.25, -0.2) is 0 Å². The summed E-state index contributed by atoms with van der Waals surface area (Å²) in [5.74, 6) is 0. The molecule has 0 amide bonds. The number of benzene rings is 1. The van der Waals surface area contributed by atoms with E-state index in [4.69, 9.17) is 4.55 Å². The highest BCUT2D eigenvalue weighted by atomic mass is 32.2. The number of aliphatic hydroxyl groups excluding tert-OH is 1. The molecular weight excluding hydrogens is 252 g/mol. The largest absolute Gasteiger partial charge is 0.393 e. The van der Waals surface area contributed by atoms with Crippen molar-refractivity contribution < 1.29 is 18.1 Å². The molecule has 0 saturated heterocycles. The molecule has 2 unspecified atom stereocenters. The molecule has 5 heteroatoms. The van der Waals surface area contributed by atoms with Gasteiger partial charge in [-0.15, -0.1) is 0 Å². The fourth-order valence-corrected chi connectivity index (χ4v) is 2.78.